The van der Waals surface area contributed by atoms with Gasteiger partial charge in [-0.3, -0.25) is 4.68 Å². The van der Waals surface area contributed by atoms with Crippen LogP contribution in [0.25, 0.3) is 0 Å². The average Bonchev–Trinajstić information content (AvgIpc) is 2.63. The summed E-state index contributed by atoms with van der Waals surface area (Å²) in [6, 6.07) is 0. The third kappa shape index (κ3) is 2.44. The van der Waals surface area contributed by atoms with Gasteiger partial charge < -0.3 is 9.84 Å². The van der Waals surface area contributed by atoms with Crippen LogP contribution in [0.1, 0.15) is 32.3 Å². The normalized spacial score (nSPS) is 29.1. The van der Waals surface area contributed by atoms with E-state index in [9.17, 15) is 5.11 Å². The van der Waals surface area contributed by atoms with Gasteiger partial charge >= 0.3 is 0 Å². The highest BCUT2D eigenvalue weighted by Gasteiger charge is 2.43. The van der Waals surface area contributed by atoms with Crippen LogP contribution < -0.4 is 0 Å². The van der Waals surface area contributed by atoms with E-state index >= 15 is 0 Å². The predicted molar refractivity (Wildman–Crippen MR) is 61.2 cm³/mol. The van der Waals surface area contributed by atoms with E-state index in [0.29, 0.717) is 6.42 Å². The van der Waals surface area contributed by atoms with Gasteiger partial charge in [-0.2, -0.15) is 5.10 Å². The van der Waals surface area contributed by atoms with Gasteiger partial charge in [-0.05, 0) is 19.4 Å². The van der Waals surface area contributed by atoms with E-state index in [2.05, 4.69) is 12.0 Å². The molecule has 1 aliphatic rings. The Labute approximate surface area is 96.2 Å². The summed E-state index contributed by atoms with van der Waals surface area (Å²) in [7, 11) is 0. The molecule has 4 nitrogen and oxygen atoms in total. The van der Waals surface area contributed by atoms with Crippen molar-refractivity contribution in [2.75, 3.05) is 6.61 Å². The number of hydrogen-bond donors (Lipinski definition) is 1. The number of ether oxygens (including phenoxy) is 1. The Morgan fingerprint density at radius 1 is 1.56 bits per heavy atom. The first-order valence-corrected chi connectivity index (χ1v) is 6.00. The van der Waals surface area contributed by atoms with Gasteiger partial charge in [-0.25, -0.2) is 0 Å². The minimum atomic E-state index is -0.568. The largest absolute Gasteiger partial charge is 0.389 e. The molecule has 1 aromatic rings. The molecule has 90 valence electrons. The molecule has 0 spiro atoms. The van der Waals surface area contributed by atoms with Crippen LogP contribution in [0, 0.1) is 0 Å². The summed E-state index contributed by atoms with van der Waals surface area (Å²) in [6.07, 6.45) is 6.28. The smallest absolute Gasteiger partial charge is 0.0738 e. The van der Waals surface area contributed by atoms with Crippen LogP contribution in [0.3, 0.4) is 0 Å². The lowest BCUT2D eigenvalue weighted by Crippen LogP contribution is -2.49. The minimum absolute atomic E-state index is 0.247. The standard InChI is InChI=1S/C12H20N2O2/c1-3-14-9-10(8-13-14)5-12(15)6-11(7-12)16-4-2/h8-9,11,15H,3-7H2,1-2H3. The van der Waals surface area contributed by atoms with E-state index in [0.717, 1.165) is 31.6 Å². The number of nitrogens with zero attached hydrogens (tertiary/aromatic N) is 2. The van der Waals surface area contributed by atoms with Crippen molar-refractivity contribution in [1.29, 1.82) is 0 Å². The van der Waals surface area contributed by atoms with Crippen LogP contribution in [0.5, 0.6) is 0 Å². The van der Waals surface area contributed by atoms with Crippen molar-refractivity contribution in [2.45, 2.75) is 51.4 Å². The van der Waals surface area contributed by atoms with Crippen LogP contribution >= 0.6 is 0 Å². The lowest BCUT2D eigenvalue weighted by Gasteiger charge is -2.43. The second kappa shape index (κ2) is 4.55. The molecule has 2 rings (SSSR count). The average molecular weight is 224 g/mol. The molecule has 1 aromatic heterocycles. The van der Waals surface area contributed by atoms with Crippen LogP contribution in [0.4, 0.5) is 0 Å². The van der Waals surface area contributed by atoms with E-state index < -0.39 is 5.60 Å². The lowest BCUT2D eigenvalue weighted by molar-refractivity contribution is -0.136. The summed E-state index contributed by atoms with van der Waals surface area (Å²) in [5.41, 5.74) is 0.542. The fourth-order valence-corrected chi connectivity index (χ4v) is 2.34. The van der Waals surface area contributed by atoms with E-state index in [1.807, 2.05) is 24.0 Å². The Hall–Kier alpha value is -0.870. The molecule has 4 heteroatoms. The molecule has 0 amide bonds. The zero-order valence-electron chi connectivity index (χ0n) is 10.0. The number of aryl methyl sites for hydroxylation is 1. The fraction of sp³-hybridized carbons (Fsp3) is 0.750. The summed E-state index contributed by atoms with van der Waals surface area (Å²) in [4.78, 5) is 0. The van der Waals surface area contributed by atoms with Gasteiger partial charge in [-0.1, -0.05) is 0 Å². The molecule has 0 aromatic carbocycles. The molecule has 1 saturated carbocycles. The molecule has 16 heavy (non-hydrogen) atoms. The van der Waals surface area contributed by atoms with Crippen LogP contribution in [0.15, 0.2) is 12.4 Å². The number of hydrogen-bond acceptors (Lipinski definition) is 3. The molecule has 1 heterocycles. The van der Waals surface area contributed by atoms with E-state index in [4.69, 9.17) is 4.74 Å². The Bertz CT molecular complexity index is 343. The molecule has 1 aliphatic carbocycles. The quantitative estimate of drug-likeness (QED) is 0.822. The third-order valence-corrected chi connectivity index (χ3v) is 3.16. The molecule has 1 fully saturated rings. The Morgan fingerprint density at radius 3 is 2.88 bits per heavy atom. The Balaban J connectivity index is 1.86. The molecular weight excluding hydrogens is 204 g/mol. The summed E-state index contributed by atoms with van der Waals surface area (Å²) in [6.45, 7) is 5.65. The number of rotatable bonds is 5. The van der Waals surface area contributed by atoms with Gasteiger partial charge in [0.1, 0.15) is 0 Å². The molecule has 1 N–H and O–H groups in total. The van der Waals surface area contributed by atoms with E-state index in [-0.39, 0.29) is 6.10 Å². The van der Waals surface area contributed by atoms with Crippen molar-refractivity contribution in [3.63, 3.8) is 0 Å². The highest BCUT2D eigenvalue weighted by Crippen LogP contribution is 2.37. The second-order valence-electron chi connectivity index (χ2n) is 4.59. The van der Waals surface area contributed by atoms with Crippen molar-refractivity contribution in [3.05, 3.63) is 18.0 Å². The highest BCUT2D eigenvalue weighted by molar-refractivity contribution is 5.12. The molecule has 0 bridgehead atoms. The summed E-state index contributed by atoms with van der Waals surface area (Å²) in [5, 5.41) is 14.4. The monoisotopic (exact) mass is 224 g/mol. The molecular formula is C12H20N2O2. The topological polar surface area (TPSA) is 47.3 Å². The Morgan fingerprint density at radius 2 is 2.31 bits per heavy atom. The van der Waals surface area contributed by atoms with Gasteiger partial charge in [0.25, 0.3) is 0 Å². The van der Waals surface area contributed by atoms with Crippen molar-refractivity contribution < 1.29 is 9.84 Å². The van der Waals surface area contributed by atoms with Crippen molar-refractivity contribution in [2.24, 2.45) is 0 Å². The lowest BCUT2D eigenvalue weighted by atomic mass is 9.74. The van der Waals surface area contributed by atoms with Gasteiger partial charge in [-0.15, -0.1) is 0 Å². The van der Waals surface area contributed by atoms with Gasteiger partial charge in [0, 0.05) is 38.6 Å². The van der Waals surface area contributed by atoms with E-state index in [1.54, 1.807) is 0 Å². The number of aliphatic hydroxyl groups is 1. The summed E-state index contributed by atoms with van der Waals surface area (Å²) >= 11 is 0. The van der Waals surface area contributed by atoms with E-state index in [1.165, 1.54) is 0 Å². The van der Waals surface area contributed by atoms with Crippen molar-refractivity contribution in [1.82, 2.24) is 9.78 Å². The van der Waals surface area contributed by atoms with Gasteiger partial charge in [0.05, 0.1) is 17.9 Å². The zero-order chi connectivity index (χ0) is 11.6. The van der Waals surface area contributed by atoms with Gasteiger partial charge in [0.2, 0.25) is 0 Å². The van der Waals surface area contributed by atoms with Crippen molar-refractivity contribution in [3.8, 4) is 0 Å². The van der Waals surface area contributed by atoms with Crippen LogP contribution in [-0.2, 0) is 17.7 Å². The first-order chi connectivity index (χ1) is 7.65. The molecule has 0 aliphatic heterocycles. The molecule has 0 radical (unpaired) electrons. The fourth-order valence-electron chi connectivity index (χ4n) is 2.34. The SMILES string of the molecule is CCOC1CC(O)(Cc2cnn(CC)c2)C1. The molecule has 0 saturated heterocycles. The summed E-state index contributed by atoms with van der Waals surface area (Å²) < 4.78 is 7.34. The van der Waals surface area contributed by atoms with Crippen LogP contribution in [-0.4, -0.2) is 33.2 Å². The molecule has 0 atom stereocenters. The summed E-state index contributed by atoms with van der Waals surface area (Å²) in [5.74, 6) is 0. The Kier molecular flexibility index (Phi) is 3.30. The molecule has 0 unspecified atom stereocenters. The maximum atomic E-state index is 10.2. The predicted octanol–water partition coefficient (Wildman–Crippen LogP) is 1.38. The maximum Gasteiger partial charge on any atom is 0.0738 e. The second-order valence-corrected chi connectivity index (χ2v) is 4.59. The van der Waals surface area contributed by atoms with Gasteiger partial charge in [0.15, 0.2) is 0 Å². The zero-order valence-corrected chi connectivity index (χ0v) is 10.0. The first kappa shape index (κ1) is 11.6. The highest BCUT2D eigenvalue weighted by atomic mass is 16.5. The van der Waals surface area contributed by atoms with Crippen LogP contribution in [0.2, 0.25) is 0 Å². The van der Waals surface area contributed by atoms with Crippen molar-refractivity contribution >= 4 is 0 Å². The minimum Gasteiger partial charge on any atom is -0.389 e. The first-order valence-electron chi connectivity index (χ1n) is 6.00. The maximum absolute atomic E-state index is 10.2. The number of aromatic nitrogens is 2. The third-order valence-electron chi connectivity index (χ3n) is 3.16.